The van der Waals surface area contributed by atoms with Crippen LogP contribution in [0.25, 0.3) is 0 Å². The summed E-state index contributed by atoms with van der Waals surface area (Å²) in [6, 6.07) is 15.8. The molecule has 1 aromatic heterocycles. The summed E-state index contributed by atoms with van der Waals surface area (Å²) in [5, 5.41) is 13.9. The zero-order valence-electron chi connectivity index (χ0n) is 15.7. The van der Waals surface area contributed by atoms with Crippen LogP contribution in [0.5, 0.6) is 17.2 Å². The highest BCUT2D eigenvalue weighted by Crippen LogP contribution is 2.29. The van der Waals surface area contributed by atoms with Crippen molar-refractivity contribution in [2.24, 2.45) is 0 Å². The van der Waals surface area contributed by atoms with E-state index in [1.807, 2.05) is 24.3 Å². The summed E-state index contributed by atoms with van der Waals surface area (Å²) in [5.41, 5.74) is 1.52. The van der Waals surface area contributed by atoms with Crippen molar-refractivity contribution in [3.8, 4) is 17.2 Å². The highest BCUT2D eigenvalue weighted by Gasteiger charge is 2.12. The Balaban J connectivity index is 1.68. The van der Waals surface area contributed by atoms with Crippen molar-refractivity contribution in [2.75, 3.05) is 32.0 Å². The first kappa shape index (κ1) is 19.0. The lowest BCUT2D eigenvalue weighted by molar-refractivity contribution is 0.102. The standard InChI is InChI=1S/C20H20N4O4/c1-26-14-6-4-13(5-7-14)21-19-11-10-17(23-24-19)20(25)22-16-9-8-15(27-2)12-18(16)28-3/h4-12H,1-3H3,(H,21,24)(H,22,25). The van der Waals surface area contributed by atoms with E-state index in [1.165, 1.54) is 7.11 Å². The lowest BCUT2D eigenvalue weighted by atomic mass is 10.2. The van der Waals surface area contributed by atoms with E-state index in [2.05, 4.69) is 20.8 Å². The van der Waals surface area contributed by atoms with Gasteiger partial charge in [-0.25, -0.2) is 0 Å². The number of amides is 1. The summed E-state index contributed by atoms with van der Waals surface area (Å²) in [6.07, 6.45) is 0. The zero-order valence-corrected chi connectivity index (χ0v) is 15.7. The number of carbonyl (C=O) groups excluding carboxylic acids is 1. The largest absolute Gasteiger partial charge is 0.497 e. The average Bonchev–Trinajstić information content (AvgIpc) is 2.75. The van der Waals surface area contributed by atoms with E-state index in [0.29, 0.717) is 23.0 Å². The predicted molar refractivity (Wildman–Crippen MR) is 106 cm³/mol. The van der Waals surface area contributed by atoms with Crippen molar-refractivity contribution in [3.05, 3.63) is 60.3 Å². The molecule has 0 unspecified atom stereocenters. The second-order valence-electron chi connectivity index (χ2n) is 5.68. The Morgan fingerprint density at radius 3 is 2.14 bits per heavy atom. The van der Waals surface area contributed by atoms with Crippen LogP contribution < -0.4 is 24.8 Å². The molecule has 0 aliphatic heterocycles. The normalized spacial score (nSPS) is 10.1. The molecule has 0 spiro atoms. The Kier molecular flexibility index (Phi) is 5.91. The van der Waals surface area contributed by atoms with Crippen LogP contribution in [0.2, 0.25) is 0 Å². The summed E-state index contributed by atoms with van der Waals surface area (Å²) in [5.74, 6) is 2.00. The minimum atomic E-state index is -0.396. The van der Waals surface area contributed by atoms with Gasteiger partial charge in [-0.3, -0.25) is 4.79 Å². The SMILES string of the molecule is COc1ccc(Nc2ccc(C(=O)Nc3ccc(OC)cc3OC)nn2)cc1. The van der Waals surface area contributed by atoms with Gasteiger partial charge >= 0.3 is 0 Å². The minimum absolute atomic E-state index is 0.179. The number of anilines is 3. The maximum atomic E-state index is 12.4. The molecule has 1 amide bonds. The molecule has 3 aromatic rings. The van der Waals surface area contributed by atoms with Crippen LogP contribution in [0.4, 0.5) is 17.2 Å². The highest BCUT2D eigenvalue weighted by molar-refractivity contribution is 6.03. The molecule has 8 heteroatoms. The first-order chi connectivity index (χ1) is 13.6. The molecule has 0 aliphatic carbocycles. The number of ether oxygens (including phenoxy) is 3. The lowest BCUT2D eigenvalue weighted by Gasteiger charge is -2.11. The molecule has 0 aliphatic rings. The van der Waals surface area contributed by atoms with Gasteiger partial charge in [-0.1, -0.05) is 0 Å². The first-order valence-corrected chi connectivity index (χ1v) is 8.41. The highest BCUT2D eigenvalue weighted by atomic mass is 16.5. The number of nitrogens with zero attached hydrogens (tertiary/aromatic N) is 2. The number of carbonyl (C=O) groups is 1. The Morgan fingerprint density at radius 2 is 1.54 bits per heavy atom. The number of nitrogens with one attached hydrogen (secondary N) is 2. The zero-order chi connectivity index (χ0) is 19.9. The van der Waals surface area contributed by atoms with E-state index in [0.717, 1.165) is 11.4 Å². The summed E-state index contributed by atoms with van der Waals surface area (Å²) >= 11 is 0. The summed E-state index contributed by atoms with van der Waals surface area (Å²) in [6.45, 7) is 0. The molecule has 28 heavy (non-hydrogen) atoms. The molecule has 0 saturated heterocycles. The van der Waals surface area contributed by atoms with E-state index in [1.54, 1.807) is 44.6 Å². The number of benzene rings is 2. The van der Waals surface area contributed by atoms with E-state index < -0.39 is 5.91 Å². The fourth-order valence-corrected chi connectivity index (χ4v) is 2.43. The predicted octanol–water partition coefficient (Wildman–Crippen LogP) is 3.50. The molecular formula is C20H20N4O4. The Morgan fingerprint density at radius 1 is 0.821 bits per heavy atom. The third-order valence-corrected chi connectivity index (χ3v) is 3.92. The van der Waals surface area contributed by atoms with Gasteiger partial charge < -0.3 is 24.8 Å². The molecule has 0 radical (unpaired) electrons. The van der Waals surface area contributed by atoms with Crippen molar-refractivity contribution < 1.29 is 19.0 Å². The first-order valence-electron chi connectivity index (χ1n) is 8.41. The third kappa shape index (κ3) is 4.47. The second kappa shape index (κ2) is 8.72. The molecule has 144 valence electrons. The molecule has 0 fully saturated rings. The summed E-state index contributed by atoms with van der Waals surface area (Å²) < 4.78 is 15.5. The van der Waals surface area contributed by atoms with Crippen LogP contribution in [0.3, 0.4) is 0 Å². The Labute approximate surface area is 162 Å². The van der Waals surface area contributed by atoms with Gasteiger partial charge in [0.2, 0.25) is 0 Å². The fourth-order valence-electron chi connectivity index (χ4n) is 2.43. The Bertz CT molecular complexity index is 943. The van der Waals surface area contributed by atoms with Crippen LogP contribution in [-0.4, -0.2) is 37.4 Å². The van der Waals surface area contributed by atoms with Gasteiger partial charge in [-0.2, -0.15) is 0 Å². The fraction of sp³-hybridized carbons (Fsp3) is 0.150. The topological polar surface area (TPSA) is 94.6 Å². The van der Waals surface area contributed by atoms with E-state index in [-0.39, 0.29) is 5.69 Å². The van der Waals surface area contributed by atoms with Gasteiger partial charge in [0.25, 0.3) is 5.91 Å². The number of aromatic nitrogens is 2. The monoisotopic (exact) mass is 380 g/mol. The maximum absolute atomic E-state index is 12.4. The van der Waals surface area contributed by atoms with Gasteiger partial charge in [0.05, 0.1) is 27.0 Å². The smallest absolute Gasteiger partial charge is 0.276 e. The van der Waals surface area contributed by atoms with Crippen molar-refractivity contribution in [1.82, 2.24) is 10.2 Å². The van der Waals surface area contributed by atoms with Crippen molar-refractivity contribution in [1.29, 1.82) is 0 Å². The molecule has 1 heterocycles. The number of rotatable bonds is 7. The van der Waals surface area contributed by atoms with Crippen LogP contribution in [-0.2, 0) is 0 Å². The molecule has 8 nitrogen and oxygen atoms in total. The van der Waals surface area contributed by atoms with Gasteiger partial charge in [-0.05, 0) is 48.5 Å². The van der Waals surface area contributed by atoms with Gasteiger partial charge in [0.1, 0.15) is 17.2 Å². The molecule has 2 aromatic carbocycles. The molecule has 0 atom stereocenters. The number of hydrogen-bond donors (Lipinski definition) is 2. The molecule has 0 bridgehead atoms. The van der Waals surface area contributed by atoms with Gasteiger partial charge in [0.15, 0.2) is 11.5 Å². The van der Waals surface area contributed by atoms with E-state index in [4.69, 9.17) is 14.2 Å². The van der Waals surface area contributed by atoms with Gasteiger partial charge in [0, 0.05) is 11.8 Å². The van der Waals surface area contributed by atoms with Crippen LogP contribution in [0.1, 0.15) is 10.5 Å². The number of methoxy groups -OCH3 is 3. The molecule has 0 saturated carbocycles. The number of hydrogen-bond acceptors (Lipinski definition) is 7. The summed E-state index contributed by atoms with van der Waals surface area (Å²) in [4.78, 5) is 12.4. The van der Waals surface area contributed by atoms with Crippen LogP contribution in [0.15, 0.2) is 54.6 Å². The average molecular weight is 380 g/mol. The van der Waals surface area contributed by atoms with Gasteiger partial charge in [-0.15, -0.1) is 10.2 Å². The molecule has 3 rings (SSSR count). The van der Waals surface area contributed by atoms with Crippen molar-refractivity contribution in [2.45, 2.75) is 0 Å². The Hall–Kier alpha value is -3.81. The summed E-state index contributed by atoms with van der Waals surface area (Å²) in [7, 11) is 4.69. The van der Waals surface area contributed by atoms with E-state index >= 15 is 0 Å². The quantitative estimate of drug-likeness (QED) is 0.648. The van der Waals surface area contributed by atoms with Crippen LogP contribution in [0, 0.1) is 0 Å². The van der Waals surface area contributed by atoms with Crippen molar-refractivity contribution in [3.63, 3.8) is 0 Å². The third-order valence-electron chi connectivity index (χ3n) is 3.92. The minimum Gasteiger partial charge on any atom is -0.497 e. The van der Waals surface area contributed by atoms with E-state index in [9.17, 15) is 4.79 Å². The maximum Gasteiger partial charge on any atom is 0.276 e. The lowest BCUT2D eigenvalue weighted by Crippen LogP contribution is -2.15. The molecule has 2 N–H and O–H groups in total. The second-order valence-corrected chi connectivity index (χ2v) is 5.68. The van der Waals surface area contributed by atoms with Crippen molar-refractivity contribution >= 4 is 23.1 Å². The molecular weight excluding hydrogens is 360 g/mol. The van der Waals surface area contributed by atoms with Crippen LogP contribution >= 0.6 is 0 Å².